The summed E-state index contributed by atoms with van der Waals surface area (Å²) in [7, 11) is 1.81. The van der Waals surface area contributed by atoms with Crippen LogP contribution in [-0.2, 0) is 16.1 Å². The van der Waals surface area contributed by atoms with Crippen molar-refractivity contribution in [3.8, 4) is 0 Å². The number of nitrogens with two attached hydrogens (primary N) is 1. The van der Waals surface area contributed by atoms with E-state index >= 15 is 0 Å². The number of likely N-dealkylation sites (N-methyl/N-ethyl adjacent to an activating group) is 1. The lowest BCUT2D eigenvalue weighted by atomic mass is 9.54. The van der Waals surface area contributed by atoms with Crippen LogP contribution in [0.15, 0.2) is 28.7 Å². The molecule has 1 fully saturated rings. The van der Waals surface area contributed by atoms with E-state index in [0.29, 0.717) is 19.6 Å². The molecule has 1 amide bonds. The van der Waals surface area contributed by atoms with Gasteiger partial charge in [0.1, 0.15) is 5.54 Å². The number of hydrogen-bond donors (Lipinski definition) is 1. The predicted molar refractivity (Wildman–Crippen MR) is 98.6 cm³/mol. The number of carbonyl (C=O) groups excluding carboxylic acids is 1. The molecule has 0 spiro atoms. The molecule has 1 saturated carbocycles. The second-order valence-electron chi connectivity index (χ2n) is 6.59. The van der Waals surface area contributed by atoms with Gasteiger partial charge in [-0.25, -0.2) is 0 Å². The summed E-state index contributed by atoms with van der Waals surface area (Å²) in [4.78, 5) is 14.6. The van der Waals surface area contributed by atoms with Crippen molar-refractivity contribution in [3.05, 3.63) is 34.3 Å². The average Bonchev–Trinajstić information content (AvgIpc) is 2.48. The summed E-state index contributed by atoms with van der Waals surface area (Å²) >= 11 is 3.52. The van der Waals surface area contributed by atoms with E-state index in [1.807, 2.05) is 45.0 Å². The van der Waals surface area contributed by atoms with Crippen molar-refractivity contribution in [1.82, 2.24) is 4.90 Å². The van der Waals surface area contributed by atoms with Gasteiger partial charge in [-0.05, 0) is 18.6 Å². The summed E-state index contributed by atoms with van der Waals surface area (Å²) in [5.74, 6) is -0.0239. The standard InChI is InChI=1S/C17H25BrN2O2.ClH/c1-5-22-14-10-17(19,16(14,2)3)15(21)20(4)11-12-8-6-7-9-13(12)18;/h6-9,14H,5,10-11,19H2,1-4H3;1H. The largest absolute Gasteiger partial charge is 0.378 e. The molecule has 0 heterocycles. The van der Waals surface area contributed by atoms with Gasteiger partial charge in [-0.2, -0.15) is 0 Å². The van der Waals surface area contributed by atoms with Crippen LogP contribution in [-0.4, -0.2) is 36.1 Å². The molecule has 0 radical (unpaired) electrons. The molecule has 0 aromatic heterocycles. The number of benzene rings is 1. The molecule has 1 aliphatic rings. The van der Waals surface area contributed by atoms with Crippen LogP contribution in [0.5, 0.6) is 0 Å². The van der Waals surface area contributed by atoms with Gasteiger partial charge < -0.3 is 15.4 Å². The minimum absolute atomic E-state index is 0. The molecule has 0 bridgehead atoms. The maximum absolute atomic E-state index is 12.9. The van der Waals surface area contributed by atoms with Gasteiger partial charge in [0, 0.05) is 36.5 Å². The fourth-order valence-corrected chi connectivity index (χ4v) is 3.50. The molecule has 2 rings (SSSR count). The Morgan fingerprint density at radius 3 is 2.57 bits per heavy atom. The smallest absolute Gasteiger partial charge is 0.243 e. The third-order valence-electron chi connectivity index (χ3n) is 4.92. The van der Waals surface area contributed by atoms with E-state index in [0.717, 1.165) is 10.0 Å². The molecule has 1 aromatic rings. The normalized spacial score (nSPS) is 25.2. The topological polar surface area (TPSA) is 55.6 Å². The molecule has 2 atom stereocenters. The van der Waals surface area contributed by atoms with E-state index < -0.39 is 5.54 Å². The Labute approximate surface area is 153 Å². The van der Waals surface area contributed by atoms with Crippen molar-refractivity contribution in [2.24, 2.45) is 11.1 Å². The molecule has 2 unspecified atom stereocenters. The number of carbonyl (C=O) groups is 1. The van der Waals surface area contributed by atoms with Crippen molar-refractivity contribution >= 4 is 34.2 Å². The Morgan fingerprint density at radius 1 is 1.43 bits per heavy atom. The van der Waals surface area contributed by atoms with Gasteiger partial charge in [0.15, 0.2) is 0 Å². The summed E-state index contributed by atoms with van der Waals surface area (Å²) < 4.78 is 6.70. The van der Waals surface area contributed by atoms with Crippen molar-refractivity contribution in [1.29, 1.82) is 0 Å². The SMILES string of the molecule is CCOC1CC(N)(C(=O)N(C)Cc2ccccc2Br)C1(C)C.Cl. The zero-order chi connectivity index (χ0) is 16.5. The number of hydrogen-bond acceptors (Lipinski definition) is 3. The van der Waals surface area contributed by atoms with Crippen molar-refractivity contribution < 1.29 is 9.53 Å². The fraction of sp³-hybridized carbons (Fsp3) is 0.588. The van der Waals surface area contributed by atoms with E-state index in [2.05, 4.69) is 15.9 Å². The van der Waals surface area contributed by atoms with Crippen LogP contribution in [0.3, 0.4) is 0 Å². The summed E-state index contributed by atoms with van der Waals surface area (Å²) in [6.45, 7) is 7.18. The number of halogens is 2. The van der Waals surface area contributed by atoms with E-state index in [1.165, 1.54) is 0 Å². The first kappa shape index (κ1) is 20.4. The highest BCUT2D eigenvalue weighted by atomic mass is 79.9. The zero-order valence-electron chi connectivity index (χ0n) is 14.1. The maximum Gasteiger partial charge on any atom is 0.243 e. The Balaban J connectivity index is 0.00000264. The Bertz CT molecular complexity index is 567. The molecule has 130 valence electrons. The number of nitrogens with zero attached hydrogens (tertiary/aromatic N) is 1. The monoisotopic (exact) mass is 404 g/mol. The van der Waals surface area contributed by atoms with Crippen molar-refractivity contribution in [2.45, 2.75) is 45.4 Å². The molecule has 1 aliphatic carbocycles. The number of amides is 1. The first-order valence-corrected chi connectivity index (χ1v) is 8.42. The molecular formula is C17H26BrClN2O2. The van der Waals surface area contributed by atoms with Crippen LogP contribution in [0.4, 0.5) is 0 Å². The maximum atomic E-state index is 12.9. The highest BCUT2D eigenvalue weighted by Crippen LogP contribution is 2.50. The van der Waals surface area contributed by atoms with Crippen LogP contribution in [0, 0.1) is 5.41 Å². The third kappa shape index (κ3) is 3.58. The Kier molecular flexibility index (Phi) is 6.67. The van der Waals surface area contributed by atoms with Gasteiger partial charge in [-0.1, -0.05) is 48.0 Å². The molecule has 2 N–H and O–H groups in total. The van der Waals surface area contributed by atoms with Gasteiger partial charge >= 0.3 is 0 Å². The Morgan fingerprint density at radius 2 is 2.04 bits per heavy atom. The highest BCUT2D eigenvalue weighted by Gasteiger charge is 2.63. The summed E-state index contributed by atoms with van der Waals surface area (Å²) in [6, 6.07) is 7.91. The van der Waals surface area contributed by atoms with E-state index in [4.69, 9.17) is 10.5 Å². The summed E-state index contributed by atoms with van der Waals surface area (Å²) in [5.41, 5.74) is 6.31. The van der Waals surface area contributed by atoms with Crippen molar-refractivity contribution in [2.75, 3.05) is 13.7 Å². The van der Waals surface area contributed by atoms with E-state index in [1.54, 1.807) is 11.9 Å². The third-order valence-corrected chi connectivity index (χ3v) is 5.70. The average molecular weight is 406 g/mol. The molecule has 23 heavy (non-hydrogen) atoms. The first-order valence-electron chi connectivity index (χ1n) is 7.63. The number of ether oxygens (including phenoxy) is 1. The lowest BCUT2D eigenvalue weighted by Gasteiger charge is -2.58. The van der Waals surface area contributed by atoms with E-state index in [-0.39, 0.29) is 29.8 Å². The minimum Gasteiger partial charge on any atom is -0.378 e. The molecule has 1 aromatic carbocycles. The van der Waals surface area contributed by atoms with Gasteiger partial charge in [0.2, 0.25) is 5.91 Å². The minimum atomic E-state index is -0.858. The summed E-state index contributed by atoms with van der Waals surface area (Å²) in [6.07, 6.45) is 0.621. The van der Waals surface area contributed by atoms with Gasteiger partial charge in [0.05, 0.1) is 6.10 Å². The van der Waals surface area contributed by atoms with Crippen LogP contribution in [0.1, 0.15) is 32.8 Å². The van der Waals surface area contributed by atoms with Crippen LogP contribution < -0.4 is 5.73 Å². The first-order chi connectivity index (χ1) is 10.2. The lowest BCUT2D eigenvalue weighted by molar-refractivity contribution is -0.178. The molecule has 0 aliphatic heterocycles. The van der Waals surface area contributed by atoms with Crippen molar-refractivity contribution in [3.63, 3.8) is 0 Å². The Hall–Kier alpha value is -0.620. The molecule has 4 nitrogen and oxygen atoms in total. The van der Waals surface area contributed by atoms with Crippen LogP contribution >= 0.6 is 28.3 Å². The van der Waals surface area contributed by atoms with Crippen LogP contribution in [0.2, 0.25) is 0 Å². The summed E-state index contributed by atoms with van der Waals surface area (Å²) in [5, 5.41) is 0. The fourth-order valence-electron chi connectivity index (χ4n) is 3.09. The molecule has 6 heteroatoms. The second-order valence-corrected chi connectivity index (χ2v) is 7.45. The van der Waals surface area contributed by atoms with Gasteiger partial charge in [0.25, 0.3) is 0 Å². The van der Waals surface area contributed by atoms with Crippen LogP contribution in [0.25, 0.3) is 0 Å². The lowest BCUT2D eigenvalue weighted by Crippen LogP contribution is -2.75. The second kappa shape index (κ2) is 7.51. The zero-order valence-corrected chi connectivity index (χ0v) is 16.5. The van der Waals surface area contributed by atoms with E-state index in [9.17, 15) is 4.79 Å². The molecular weight excluding hydrogens is 380 g/mol. The molecule has 0 saturated heterocycles. The van der Waals surface area contributed by atoms with Gasteiger partial charge in [-0.3, -0.25) is 4.79 Å². The highest BCUT2D eigenvalue weighted by molar-refractivity contribution is 9.10. The predicted octanol–water partition coefficient (Wildman–Crippen LogP) is 3.36. The quantitative estimate of drug-likeness (QED) is 0.817. The van der Waals surface area contributed by atoms with Gasteiger partial charge in [-0.15, -0.1) is 12.4 Å². The number of rotatable bonds is 5.